The molecular weight excluding hydrogens is 813 g/mol. The van der Waals surface area contributed by atoms with Crippen molar-refractivity contribution in [1.29, 1.82) is 0 Å². The van der Waals surface area contributed by atoms with E-state index in [0.29, 0.717) is 30.2 Å². The molecule has 0 amide bonds. The number of nitrogen functional groups attached to an aromatic ring is 1. The van der Waals surface area contributed by atoms with Gasteiger partial charge in [-0.2, -0.15) is 4.57 Å². The van der Waals surface area contributed by atoms with Crippen LogP contribution in [0.4, 0.5) is 5.82 Å². The van der Waals surface area contributed by atoms with E-state index in [1.54, 1.807) is 13.1 Å². The van der Waals surface area contributed by atoms with Gasteiger partial charge in [-0.1, -0.05) is 133 Å². The summed E-state index contributed by atoms with van der Waals surface area (Å²) in [5.41, 5.74) is 12.8. The normalized spacial score (nSPS) is 13.8. The van der Waals surface area contributed by atoms with Crippen molar-refractivity contribution < 1.29 is 40.9 Å². The van der Waals surface area contributed by atoms with Crippen LogP contribution in [0, 0.1) is 13.8 Å². The van der Waals surface area contributed by atoms with E-state index in [1.165, 1.54) is 11.3 Å². The molecule has 0 saturated heterocycles. The molecule has 58 heavy (non-hydrogen) atoms. The molecule has 2 atom stereocenters. The average molecular weight is 862 g/mol. The number of nitrogens with zero attached hydrogens (tertiary/aromatic N) is 3. The molecule has 2 aromatic heterocycles. The summed E-state index contributed by atoms with van der Waals surface area (Å²) in [5.74, 6) is -0.304. The van der Waals surface area contributed by atoms with E-state index in [1.807, 2.05) is 138 Å². The Bertz CT molecular complexity index is 2310. The van der Waals surface area contributed by atoms with E-state index < -0.39 is 34.4 Å². The van der Waals surface area contributed by atoms with Crippen molar-refractivity contribution in [3.63, 3.8) is 0 Å². The van der Waals surface area contributed by atoms with Crippen molar-refractivity contribution in [2.45, 2.75) is 53.2 Å². The third kappa shape index (κ3) is 13.2. The minimum atomic E-state index is -4.23. The van der Waals surface area contributed by atoms with Crippen molar-refractivity contribution in [2.75, 3.05) is 24.1 Å². The van der Waals surface area contributed by atoms with Crippen molar-refractivity contribution in [3.05, 3.63) is 177 Å². The number of benzene rings is 4. The Hall–Kier alpha value is -4.12. The van der Waals surface area contributed by atoms with Crippen LogP contribution in [0.5, 0.6) is 0 Å². The maximum absolute atomic E-state index is 15.3. The van der Waals surface area contributed by atoms with Crippen molar-refractivity contribution in [3.8, 4) is 0 Å². The molecule has 12 nitrogen and oxygen atoms in total. The molecule has 6 aromatic rings. The van der Waals surface area contributed by atoms with E-state index in [2.05, 4.69) is 9.97 Å². The summed E-state index contributed by atoms with van der Waals surface area (Å²) in [6.07, 6.45) is 2.11. The summed E-state index contributed by atoms with van der Waals surface area (Å²) in [4.78, 5) is 9.55. The van der Waals surface area contributed by atoms with E-state index in [0.717, 1.165) is 32.8 Å². The number of rotatable bonds is 22. The first kappa shape index (κ1) is 43.5. The van der Waals surface area contributed by atoms with Crippen LogP contribution in [-0.4, -0.2) is 28.4 Å². The summed E-state index contributed by atoms with van der Waals surface area (Å²) in [6, 6.07) is 36.8. The van der Waals surface area contributed by atoms with Crippen LogP contribution in [0.2, 0.25) is 0 Å². The molecule has 2 unspecified atom stereocenters. The SMILES string of the molecule is Cc1ncc(C[n+]2csc(CCOP(=O)(CP(=O)(CP(=O)(OCc3ccccc3)OCc3ccccc3)OCc3ccccc3)OCc3ccccc3)c2C)c(N)n1. The molecule has 0 saturated carbocycles. The van der Waals surface area contributed by atoms with Crippen LogP contribution in [-0.2, 0) is 75.7 Å². The summed E-state index contributed by atoms with van der Waals surface area (Å²) in [6.45, 7) is 3.89. The van der Waals surface area contributed by atoms with Gasteiger partial charge < -0.3 is 28.4 Å². The zero-order chi connectivity index (χ0) is 40.9. The van der Waals surface area contributed by atoms with E-state index in [9.17, 15) is 9.13 Å². The number of anilines is 1. The van der Waals surface area contributed by atoms with E-state index >= 15 is 4.57 Å². The van der Waals surface area contributed by atoms with Gasteiger partial charge in [0.15, 0.2) is 12.2 Å². The Morgan fingerprint density at radius 2 is 1.05 bits per heavy atom. The van der Waals surface area contributed by atoms with Gasteiger partial charge in [0.25, 0.3) is 0 Å². The number of nitrogens with two attached hydrogens (primary N) is 1. The largest absolute Gasteiger partial charge is 0.383 e. The Morgan fingerprint density at radius 3 is 1.50 bits per heavy atom. The van der Waals surface area contributed by atoms with Gasteiger partial charge in [-0.15, -0.1) is 0 Å². The predicted octanol–water partition coefficient (Wildman–Crippen LogP) is 10.1. The first-order valence-corrected chi connectivity index (χ1v) is 25.0. The molecule has 0 radical (unpaired) electrons. The maximum Gasteiger partial charge on any atom is 0.340 e. The summed E-state index contributed by atoms with van der Waals surface area (Å²) in [7, 11) is -12.7. The van der Waals surface area contributed by atoms with Gasteiger partial charge in [0.1, 0.15) is 23.4 Å². The quantitative estimate of drug-likeness (QED) is 0.0513. The Labute approximate surface area is 343 Å². The second-order valence-corrected chi connectivity index (χ2v) is 22.2. The van der Waals surface area contributed by atoms with Gasteiger partial charge in [0, 0.05) is 19.5 Å². The highest BCUT2D eigenvalue weighted by atomic mass is 32.1. The van der Waals surface area contributed by atoms with Crippen LogP contribution in [0.15, 0.2) is 133 Å². The molecule has 0 aliphatic carbocycles. The Balaban J connectivity index is 1.25. The molecule has 0 fully saturated rings. The van der Waals surface area contributed by atoms with Gasteiger partial charge in [-0.05, 0) is 29.2 Å². The molecular formula is C42H48N4O8P3S+. The van der Waals surface area contributed by atoms with Gasteiger partial charge in [-0.25, -0.2) is 9.97 Å². The third-order valence-electron chi connectivity index (χ3n) is 9.03. The fourth-order valence-electron chi connectivity index (χ4n) is 5.84. The number of aromatic nitrogens is 3. The second-order valence-electron chi connectivity index (χ2n) is 13.6. The van der Waals surface area contributed by atoms with Gasteiger partial charge in [-0.3, -0.25) is 13.7 Å². The highest BCUT2D eigenvalue weighted by molar-refractivity contribution is 7.80. The molecule has 2 heterocycles. The van der Waals surface area contributed by atoms with Crippen molar-refractivity contribution in [1.82, 2.24) is 9.97 Å². The molecule has 6 rings (SSSR count). The van der Waals surface area contributed by atoms with Crippen LogP contribution < -0.4 is 10.3 Å². The molecule has 0 spiro atoms. The second kappa shape index (κ2) is 20.7. The molecule has 0 aliphatic heterocycles. The van der Waals surface area contributed by atoms with Crippen LogP contribution in [0.25, 0.3) is 0 Å². The lowest BCUT2D eigenvalue weighted by Crippen LogP contribution is -2.35. The maximum atomic E-state index is 15.3. The van der Waals surface area contributed by atoms with Crippen LogP contribution in [0.1, 0.15) is 44.2 Å². The number of thiazole rings is 1. The molecule has 0 bridgehead atoms. The zero-order valence-electron chi connectivity index (χ0n) is 32.5. The highest BCUT2D eigenvalue weighted by Gasteiger charge is 2.44. The van der Waals surface area contributed by atoms with Crippen molar-refractivity contribution in [2.24, 2.45) is 0 Å². The van der Waals surface area contributed by atoms with Crippen LogP contribution in [0.3, 0.4) is 0 Å². The fourth-order valence-corrected chi connectivity index (χ4v) is 16.1. The zero-order valence-corrected chi connectivity index (χ0v) is 36.0. The lowest BCUT2D eigenvalue weighted by molar-refractivity contribution is -0.689. The van der Waals surface area contributed by atoms with E-state index in [4.69, 9.17) is 28.4 Å². The first-order valence-electron chi connectivity index (χ1n) is 18.7. The minimum Gasteiger partial charge on any atom is -0.383 e. The number of aryl methyl sites for hydroxylation is 1. The lowest BCUT2D eigenvalue weighted by Gasteiger charge is -2.27. The Kier molecular flexibility index (Phi) is 15.5. The summed E-state index contributed by atoms with van der Waals surface area (Å²) in [5, 5.41) is 0. The minimum absolute atomic E-state index is 0.0193. The standard InChI is InChI=1S/C42H48N4O8P3S/c1-34-41(58-31-46(34)26-40-25-44-35(2)45-42(40)43)23-24-50-56(48,52-28-37-17-9-4-10-18-37)32-55(47,51-27-36-15-7-3-8-16-36)33-57(49,53-29-38-19-11-5-12-20-38)54-30-39-21-13-6-14-22-39/h3-22,25,31H,23-24,26-30,32-33H2,1-2H3,(H2,43,44,45)/q+1. The van der Waals surface area contributed by atoms with E-state index in [-0.39, 0.29) is 33.0 Å². The molecule has 2 N–H and O–H groups in total. The summed E-state index contributed by atoms with van der Waals surface area (Å²) >= 11 is 1.52. The lowest BCUT2D eigenvalue weighted by atomic mass is 10.2. The topological polar surface area (TPSA) is 153 Å². The monoisotopic (exact) mass is 861 g/mol. The molecule has 16 heteroatoms. The first-order chi connectivity index (χ1) is 28.0. The summed E-state index contributed by atoms with van der Waals surface area (Å²) < 4.78 is 77.5. The molecule has 304 valence electrons. The van der Waals surface area contributed by atoms with Gasteiger partial charge >= 0.3 is 15.2 Å². The predicted molar refractivity (Wildman–Crippen MR) is 227 cm³/mol. The number of hydrogen-bond donors (Lipinski definition) is 1. The number of hydrogen-bond acceptors (Lipinski definition) is 12. The fraction of sp³-hybridized carbons (Fsp3) is 0.262. The average Bonchev–Trinajstić information content (AvgIpc) is 3.58. The molecule has 4 aromatic carbocycles. The van der Waals surface area contributed by atoms with Crippen LogP contribution >= 0.6 is 33.9 Å². The smallest absolute Gasteiger partial charge is 0.340 e. The Morgan fingerprint density at radius 1 is 0.621 bits per heavy atom. The van der Waals surface area contributed by atoms with Gasteiger partial charge in [0.2, 0.25) is 12.9 Å². The van der Waals surface area contributed by atoms with Crippen molar-refractivity contribution >= 4 is 39.7 Å². The highest BCUT2D eigenvalue weighted by Crippen LogP contribution is 2.71. The molecule has 0 aliphatic rings. The van der Waals surface area contributed by atoms with Gasteiger partial charge in [0.05, 0.1) is 43.5 Å². The third-order valence-corrected chi connectivity index (χ3v) is 19.1.